The second kappa shape index (κ2) is 10.2. The Bertz CT molecular complexity index is 837. The summed E-state index contributed by atoms with van der Waals surface area (Å²) in [5, 5.41) is 16.3. The summed E-state index contributed by atoms with van der Waals surface area (Å²) in [5.74, 6) is -0.0913. The first-order valence-corrected chi connectivity index (χ1v) is 11.4. The summed E-state index contributed by atoms with van der Waals surface area (Å²) < 4.78 is 12.0. The quantitative estimate of drug-likeness (QED) is 0.727. The number of aromatic nitrogens is 1. The van der Waals surface area contributed by atoms with Crippen molar-refractivity contribution >= 4 is 34.0 Å². The highest BCUT2D eigenvalue weighted by atomic mass is 35.5. The third-order valence-corrected chi connectivity index (χ3v) is 6.38. The van der Waals surface area contributed by atoms with Gasteiger partial charge in [0.15, 0.2) is 5.13 Å². The Morgan fingerprint density at radius 3 is 3.07 bits per heavy atom. The summed E-state index contributed by atoms with van der Waals surface area (Å²) in [7, 11) is 0. The number of benzene rings is 1. The first-order chi connectivity index (χ1) is 14.6. The number of thiazole rings is 1. The number of aliphatic hydroxyl groups is 1. The van der Waals surface area contributed by atoms with Gasteiger partial charge in [-0.15, -0.1) is 11.3 Å². The second-order valence-corrected chi connectivity index (χ2v) is 9.11. The van der Waals surface area contributed by atoms with Crippen LogP contribution in [0.15, 0.2) is 35.8 Å². The van der Waals surface area contributed by atoms with Gasteiger partial charge in [-0.25, -0.2) is 4.98 Å². The highest BCUT2D eigenvalue weighted by Gasteiger charge is 2.38. The summed E-state index contributed by atoms with van der Waals surface area (Å²) in [6, 6.07) is 7.89. The molecule has 30 heavy (non-hydrogen) atoms. The lowest BCUT2D eigenvalue weighted by Gasteiger charge is -2.44. The van der Waals surface area contributed by atoms with Crippen LogP contribution < -0.4 is 5.32 Å². The lowest BCUT2D eigenvalue weighted by molar-refractivity contribution is -0.156. The van der Waals surface area contributed by atoms with E-state index < -0.39 is 6.10 Å². The molecule has 162 valence electrons. The van der Waals surface area contributed by atoms with Gasteiger partial charge in [-0.1, -0.05) is 23.7 Å². The first kappa shape index (κ1) is 21.7. The molecule has 4 rings (SSSR count). The molecule has 4 atom stereocenters. The maximum absolute atomic E-state index is 12.3. The Labute approximate surface area is 185 Å². The molecule has 7 nitrogen and oxygen atoms in total. The summed E-state index contributed by atoms with van der Waals surface area (Å²) >= 11 is 7.55. The van der Waals surface area contributed by atoms with Crippen LogP contribution in [0.25, 0.3) is 0 Å². The van der Waals surface area contributed by atoms with Crippen LogP contribution in [0.1, 0.15) is 24.8 Å². The lowest BCUT2D eigenvalue weighted by atomic mass is 9.94. The summed E-state index contributed by atoms with van der Waals surface area (Å²) in [4.78, 5) is 18.7. The number of anilines is 1. The van der Waals surface area contributed by atoms with Crippen LogP contribution in [0.5, 0.6) is 0 Å². The van der Waals surface area contributed by atoms with Crippen molar-refractivity contribution in [3.8, 4) is 0 Å². The second-order valence-electron chi connectivity index (χ2n) is 7.78. The van der Waals surface area contributed by atoms with E-state index in [1.807, 2.05) is 29.6 Å². The predicted octanol–water partition coefficient (Wildman–Crippen LogP) is 2.93. The molecule has 0 unspecified atom stereocenters. The molecule has 2 aliphatic rings. The van der Waals surface area contributed by atoms with Gasteiger partial charge in [0, 0.05) is 35.7 Å². The molecular formula is C21H26ClN3O4S. The Morgan fingerprint density at radius 1 is 1.37 bits per heavy atom. The SMILES string of the molecule is O=C(C[C@@H]1CC[C@@H]2[C@H](COC[C@@H](O)CN2Cc2cccc(Cl)c2)O1)Nc1nccs1. The molecule has 2 saturated heterocycles. The van der Waals surface area contributed by atoms with Crippen LogP contribution in [0.3, 0.4) is 0 Å². The standard InChI is InChI=1S/C21H26ClN3O4S/c22-15-3-1-2-14(8-15)10-25-11-16(26)12-28-13-19-18(25)5-4-17(29-19)9-20(27)24-21-23-6-7-30-21/h1-3,6-8,16-19,26H,4-5,9-13H2,(H,23,24,27)/t16-,17-,18+,19-/m0/s1. The van der Waals surface area contributed by atoms with E-state index in [0.717, 1.165) is 18.4 Å². The van der Waals surface area contributed by atoms with E-state index in [9.17, 15) is 9.90 Å². The molecule has 0 bridgehead atoms. The normalized spacial score (nSPS) is 27.7. The molecule has 0 spiro atoms. The van der Waals surface area contributed by atoms with Crippen LogP contribution in [-0.2, 0) is 20.8 Å². The number of carbonyl (C=O) groups excluding carboxylic acids is 1. The molecule has 3 heterocycles. The number of nitrogens with zero attached hydrogens (tertiary/aromatic N) is 2. The predicted molar refractivity (Wildman–Crippen MR) is 116 cm³/mol. The van der Waals surface area contributed by atoms with Crippen molar-refractivity contribution in [3.05, 3.63) is 46.4 Å². The van der Waals surface area contributed by atoms with Crippen LogP contribution in [0.2, 0.25) is 5.02 Å². The molecule has 0 aliphatic carbocycles. The largest absolute Gasteiger partial charge is 0.389 e. The third-order valence-electron chi connectivity index (χ3n) is 5.45. The van der Waals surface area contributed by atoms with Gasteiger partial charge in [-0.3, -0.25) is 9.69 Å². The number of ether oxygens (including phenoxy) is 2. The number of hydrogen-bond acceptors (Lipinski definition) is 7. The lowest BCUT2D eigenvalue weighted by Crippen LogP contribution is -2.55. The van der Waals surface area contributed by atoms with Crippen molar-refractivity contribution < 1.29 is 19.4 Å². The summed E-state index contributed by atoms with van der Waals surface area (Å²) in [6.07, 6.45) is 2.74. The maximum atomic E-state index is 12.3. The minimum atomic E-state index is -0.549. The van der Waals surface area contributed by atoms with Crippen molar-refractivity contribution in [2.75, 3.05) is 25.1 Å². The Morgan fingerprint density at radius 2 is 2.27 bits per heavy atom. The number of halogens is 1. The maximum Gasteiger partial charge on any atom is 0.228 e. The Hall–Kier alpha value is -1.55. The van der Waals surface area contributed by atoms with Crippen LogP contribution in [0, 0.1) is 0 Å². The smallest absolute Gasteiger partial charge is 0.228 e. The zero-order valence-electron chi connectivity index (χ0n) is 16.6. The summed E-state index contributed by atoms with van der Waals surface area (Å²) in [5.41, 5.74) is 1.10. The number of carbonyl (C=O) groups is 1. The average molecular weight is 452 g/mol. The molecule has 0 saturated carbocycles. The molecule has 2 N–H and O–H groups in total. The molecule has 2 fully saturated rings. The van der Waals surface area contributed by atoms with E-state index in [1.54, 1.807) is 6.20 Å². The van der Waals surface area contributed by atoms with Crippen LogP contribution >= 0.6 is 22.9 Å². The van der Waals surface area contributed by atoms with Gasteiger partial charge in [0.1, 0.15) is 0 Å². The van der Waals surface area contributed by atoms with E-state index in [1.165, 1.54) is 11.3 Å². The summed E-state index contributed by atoms with van der Waals surface area (Å²) in [6.45, 7) is 1.86. The highest BCUT2D eigenvalue weighted by molar-refractivity contribution is 7.13. The highest BCUT2D eigenvalue weighted by Crippen LogP contribution is 2.29. The van der Waals surface area contributed by atoms with Crippen molar-refractivity contribution in [1.82, 2.24) is 9.88 Å². The molecule has 1 amide bonds. The van der Waals surface area contributed by atoms with E-state index >= 15 is 0 Å². The van der Waals surface area contributed by atoms with Gasteiger partial charge in [0.05, 0.1) is 37.9 Å². The number of amides is 1. The number of aliphatic hydroxyl groups excluding tert-OH is 1. The first-order valence-electron chi connectivity index (χ1n) is 10.2. The monoisotopic (exact) mass is 451 g/mol. The molecule has 2 aliphatic heterocycles. The fourth-order valence-electron chi connectivity index (χ4n) is 4.16. The Balaban J connectivity index is 1.40. The average Bonchev–Trinajstić information content (AvgIpc) is 3.19. The fourth-order valence-corrected chi connectivity index (χ4v) is 4.92. The molecule has 1 aromatic carbocycles. The molecule has 2 aromatic rings. The van der Waals surface area contributed by atoms with Crippen molar-refractivity contribution in [2.24, 2.45) is 0 Å². The van der Waals surface area contributed by atoms with Gasteiger partial charge in [0.2, 0.25) is 5.91 Å². The molecule has 9 heteroatoms. The minimum absolute atomic E-state index is 0.0913. The van der Waals surface area contributed by atoms with Crippen molar-refractivity contribution in [2.45, 2.75) is 50.2 Å². The van der Waals surface area contributed by atoms with Gasteiger partial charge in [0.25, 0.3) is 0 Å². The third kappa shape index (κ3) is 5.78. The van der Waals surface area contributed by atoms with E-state index in [-0.39, 0.29) is 30.8 Å². The zero-order chi connectivity index (χ0) is 20.9. The molecular weight excluding hydrogens is 426 g/mol. The molecule has 0 radical (unpaired) electrons. The number of β-amino-alcohol motifs (C(OH)–C–C–N with tert-alkyl or cyclic N) is 1. The van der Waals surface area contributed by atoms with E-state index in [4.69, 9.17) is 21.1 Å². The van der Waals surface area contributed by atoms with Crippen molar-refractivity contribution in [1.29, 1.82) is 0 Å². The van der Waals surface area contributed by atoms with Crippen LogP contribution in [0.4, 0.5) is 5.13 Å². The van der Waals surface area contributed by atoms with Gasteiger partial charge in [-0.05, 0) is 30.5 Å². The van der Waals surface area contributed by atoms with Crippen LogP contribution in [-0.4, -0.2) is 65.0 Å². The Kier molecular flexibility index (Phi) is 7.35. The van der Waals surface area contributed by atoms with E-state index in [0.29, 0.717) is 36.3 Å². The topological polar surface area (TPSA) is 83.9 Å². The number of hydrogen-bond donors (Lipinski definition) is 2. The van der Waals surface area contributed by atoms with Gasteiger partial charge < -0.3 is 19.9 Å². The zero-order valence-corrected chi connectivity index (χ0v) is 18.1. The fraction of sp³-hybridized carbons (Fsp3) is 0.524. The number of fused-ring (bicyclic) bond motifs is 1. The van der Waals surface area contributed by atoms with Gasteiger partial charge in [-0.2, -0.15) is 0 Å². The van der Waals surface area contributed by atoms with Gasteiger partial charge >= 0.3 is 0 Å². The minimum Gasteiger partial charge on any atom is -0.389 e. The number of rotatable bonds is 5. The van der Waals surface area contributed by atoms with Crippen molar-refractivity contribution in [3.63, 3.8) is 0 Å². The number of nitrogens with one attached hydrogen (secondary N) is 1. The molecule has 1 aromatic heterocycles. The van der Waals surface area contributed by atoms with E-state index in [2.05, 4.69) is 15.2 Å².